The van der Waals surface area contributed by atoms with Gasteiger partial charge in [-0.15, -0.1) is 0 Å². The van der Waals surface area contributed by atoms with Crippen molar-refractivity contribution in [2.24, 2.45) is 5.92 Å². The normalized spacial score (nSPS) is 19.8. The number of hydrogen-bond donors (Lipinski definition) is 3. The molecule has 0 spiro atoms. The largest absolute Gasteiger partial charge is 0.444 e. The molecule has 0 radical (unpaired) electrons. The van der Waals surface area contributed by atoms with Crippen LogP contribution in [0.15, 0.2) is 18.2 Å². The molecule has 11 heteroatoms. The first-order valence-electron chi connectivity index (χ1n) is 10.9. The second-order valence-corrected chi connectivity index (χ2v) is 9.28. The highest BCUT2D eigenvalue weighted by molar-refractivity contribution is 5.67. The zero-order valence-electron chi connectivity index (χ0n) is 18.9. The van der Waals surface area contributed by atoms with E-state index in [-0.39, 0.29) is 23.7 Å². The van der Waals surface area contributed by atoms with E-state index in [0.29, 0.717) is 31.8 Å². The molecule has 1 aliphatic rings. The Balaban J connectivity index is 1.77. The molecule has 1 aromatic carbocycles. The summed E-state index contributed by atoms with van der Waals surface area (Å²) in [7, 11) is 0. The van der Waals surface area contributed by atoms with Gasteiger partial charge in [0, 0.05) is 31.4 Å². The van der Waals surface area contributed by atoms with Gasteiger partial charge in [0.1, 0.15) is 5.60 Å². The van der Waals surface area contributed by atoms with Gasteiger partial charge in [0.05, 0.1) is 11.1 Å². The summed E-state index contributed by atoms with van der Waals surface area (Å²) in [5.74, 6) is 0.145. The third kappa shape index (κ3) is 9.69. The Hall–Kier alpha value is -2.17. The number of halogens is 6. The summed E-state index contributed by atoms with van der Waals surface area (Å²) in [6, 6.07) is 1.78. The Bertz CT molecular complexity index is 750. The summed E-state index contributed by atoms with van der Waals surface area (Å²) in [4.78, 5) is 11.6. The van der Waals surface area contributed by atoms with Gasteiger partial charge in [-0.2, -0.15) is 26.3 Å². The molecule has 2 rings (SSSR count). The summed E-state index contributed by atoms with van der Waals surface area (Å²) in [6.07, 6.45) is -6.98. The van der Waals surface area contributed by atoms with E-state index < -0.39 is 35.2 Å². The molecule has 1 aliphatic carbocycles. The summed E-state index contributed by atoms with van der Waals surface area (Å²) < 4.78 is 83.1. The number of alkyl carbamates (subject to hydrolysis) is 1. The van der Waals surface area contributed by atoms with Crippen molar-refractivity contribution in [1.29, 1.82) is 0 Å². The van der Waals surface area contributed by atoms with Crippen molar-refractivity contribution in [2.75, 3.05) is 25.0 Å². The van der Waals surface area contributed by atoms with Crippen molar-refractivity contribution in [1.82, 2.24) is 10.6 Å². The molecule has 1 amide bonds. The number of rotatable bonds is 7. The van der Waals surface area contributed by atoms with Gasteiger partial charge in [-0.25, -0.2) is 4.79 Å². The number of amides is 1. The molecular weight excluding hydrogens is 452 g/mol. The number of carbonyl (C=O) groups is 1. The van der Waals surface area contributed by atoms with Gasteiger partial charge in [-0.3, -0.25) is 0 Å². The number of anilines is 1. The maximum absolute atomic E-state index is 13.0. The predicted molar refractivity (Wildman–Crippen MR) is 113 cm³/mol. The van der Waals surface area contributed by atoms with E-state index in [4.69, 9.17) is 4.74 Å². The monoisotopic (exact) mass is 483 g/mol. The van der Waals surface area contributed by atoms with E-state index in [1.807, 2.05) is 0 Å². The minimum atomic E-state index is -4.86. The standard InChI is InChI=1S/C22H31F6N3O2/c1-20(2,3)33-19(32)30-9-8-29-17-6-4-14(5-7-17)13-31-18-11-15(21(23,24)25)10-16(12-18)22(26,27)28/h10-12,14,17,29,31H,4-9,13H2,1-3H3,(H,30,32)/t14-,17-. The van der Waals surface area contributed by atoms with Gasteiger partial charge in [-0.05, 0) is 70.6 Å². The highest BCUT2D eigenvalue weighted by Gasteiger charge is 2.37. The van der Waals surface area contributed by atoms with Crippen molar-refractivity contribution in [3.05, 3.63) is 29.3 Å². The minimum absolute atomic E-state index is 0.125. The average molecular weight is 483 g/mol. The van der Waals surface area contributed by atoms with Crippen LogP contribution >= 0.6 is 0 Å². The fourth-order valence-electron chi connectivity index (χ4n) is 3.64. The molecule has 0 bridgehead atoms. The third-order valence-corrected chi connectivity index (χ3v) is 5.26. The van der Waals surface area contributed by atoms with Crippen molar-refractivity contribution in [2.45, 2.75) is 70.4 Å². The summed E-state index contributed by atoms with van der Waals surface area (Å²) >= 11 is 0. The quantitative estimate of drug-likeness (QED) is 0.338. The maximum atomic E-state index is 13.0. The topological polar surface area (TPSA) is 62.4 Å². The Morgan fingerprint density at radius 3 is 1.94 bits per heavy atom. The van der Waals surface area contributed by atoms with E-state index in [0.717, 1.165) is 25.7 Å². The molecule has 1 saturated carbocycles. The highest BCUT2D eigenvalue weighted by atomic mass is 19.4. The second-order valence-electron chi connectivity index (χ2n) is 9.28. The maximum Gasteiger partial charge on any atom is 0.416 e. The first kappa shape index (κ1) is 27.1. The van der Waals surface area contributed by atoms with Crippen LogP contribution in [0.1, 0.15) is 57.6 Å². The molecule has 1 fully saturated rings. The molecule has 0 atom stereocenters. The fraction of sp³-hybridized carbons (Fsp3) is 0.682. The van der Waals surface area contributed by atoms with Crippen LogP contribution in [0.3, 0.4) is 0 Å². The van der Waals surface area contributed by atoms with Crippen LogP contribution in [0.2, 0.25) is 0 Å². The van der Waals surface area contributed by atoms with Gasteiger partial charge in [0.15, 0.2) is 0 Å². The number of nitrogens with one attached hydrogen (secondary N) is 3. The molecule has 33 heavy (non-hydrogen) atoms. The molecule has 5 nitrogen and oxygen atoms in total. The van der Waals surface area contributed by atoms with E-state index in [1.165, 1.54) is 0 Å². The molecular formula is C22H31F6N3O2. The minimum Gasteiger partial charge on any atom is -0.444 e. The van der Waals surface area contributed by atoms with Crippen molar-refractivity contribution >= 4 is 11.8 Å². The predicted octanol–water partition coefficient (Wildman–Crippen LogP) is 5.81. The van der Waals surface area contributed by atoms with Crippen LogP contribution in [0.5, 0.6) is 0 Å². The number of benzene rings is 1. The highest BCUT2D eigenvalue weighted by Crippen LogP contribution is 2.37. The lowest BCUT2D eigenvalue weighted by Gasteiger charge is -2.30. The van der Waals surface area contributed by atoms with Gasteiger partial charge in [0.25, 0.3) is 0 Å². The van der Waals surface area contributed by atoms with Crippen molar-refractivity contribution in [3.8, 4) is 0 Å². The van der Waals surface area contributed by atoms with Gasteiger partial charge in [0.2, 0.25) is 0 Å². The smallest absolute Gasteiger partial charge is 0.416 e. The Labute approximate surface area is 189 Å². The van der Waals surface area contributed by atoms with Gasteiger partial charge < -0.3 is 20.7 Å². The molecule has 0 aliphatic heterocycles. The number of carbonyl (C=O) groups excluding carboxylic acids is 1. The fourth-order valence-corrected chi connectivity index (χ4v) is 3.64. The van der Waals surface area contributed by atoms with E-state index in [2.05, 4.69) is 16.0 Å². The molecule has 0 saturated heterocycles. The third-order valence-electron chi connectivity index (χ3n) is 5.26. The Morgan fingerprint density at radius 2 is 1.45 bits per heavy atom. The van der Waals surface area contributed by atoms with Crippen LogP contribution in [0.25, 0.3) is 0 Å². The molecule has 0 heterocycles. The van der Waals surface area contributed by atoms with Crippen LogP contribution in [0, 0.1) is 5.92 Å². The van der Waals surface area contributed by atoms with Crippen LogP contribution in [-0.4, -0.2) is 37.4 Å². The molecule has 3 N–H and O–H groups in total. The first-order valence-corrected chi connectivity index (χ1v) is 10.9. The molecule has 0 unspecified atom stereocenters. The zero-order valence-corrected chi connectivity index (χ0v) is 18.9. The second kappa shape index (κ2) is 10.8. The van der Waals surface area contributed by atoms with Crippen LogP contribution in [-0.2, 0) is 17.1 Å². The SMILES string of the molecule is CC(C)(C)OC(=O)NCCN[C@H]1CC[C@H](CNc2cc(C(F)(F)F)cc(C(F)(F)F)c2)CC1. The summed E-state index contributed by atoms with van der Waals surface area (Å²) in [5, 5.41) is 8.76. The van der Waals surface area contributed by atoms with Gasteiger partial charge >= 0.3 is 18.4 Å². The average Bonchev–Trinajstić information content (AvgIpc) is 2.67. The van der Waals surface area contributed by atoms with Crippen LogP contribution in [0.4, 0.5) is 36.8 Å². The number of hydrogen-bond acceptors (Lipinski definition) is 4. The van der Waals surface area contributed by atoms with E-state index in [9.17, 15) is 31.1 Å². The summed E-state index contributed by atoms with van der Waals surface area (Å²) in [5.41, 5.74) is -3.40. The lowest BCUT2D eigenvalue weighted by Crippen LogP contribution is -2.40. The van der Waals surface area contributed by atoms with E-state index in [1.54, 1.807) is 20.8 Å². The molecule has 0 aromatic heterocycles. The zero-order chi connectivity index (χ0) is 24.9. The molecule has 1 aromatic rings. The van der Waals surface area contributed by atoms with Gasteiger partial charge in [-0.1, -0.05) is 0 Å². The lowest BCUT2D eigenvalue weighted by molar-refractivity contribution is -0.143. The van der Waals surface area contributed by atoms with Crippen molar-refractivity contribution in [3.63, 3.8) is 0 Å². The van der Waals surface area contributed by atoms with Crippen LogP contribution < -0.4 is 16.0 Å². The number of alkyl halides is 6. The first-order chi connectivity index (χ1) is 15.1. The van der Waals surface area contributed by atoms with Crippen molar-refractivity contribution < 1.29 is 35.9 Å². The Morgan fingerprint density at radius 1 is 0.909 bits per heavy atom. The number of ether oxygens (including phenoxy) is 1. The summed E-state index contributed by atoms with van der Waals surface area (Å²) in [6.45, 7) is 6.61. The lowest BCUT2D eigenvalue weighted by atomic mass is 9.86. The molecule has 188 valence electrons. The van der Waals surface area contributed by atoms with E-state index >= 15 is 0 Å². The Kier molecular flexibility index (Phi) is 8.89.